The Labute approximate surface area is 154 Å². The lowest BCUT2D eigenvalue weighted by Gasteiger charge is -2.25. The Morgan fingerprint density at radius 2 is 1.64 bits per heavy atom. The van der Waals surface area contributed by atoms with E-state index in [0.717, 1.165) is 45.8 Å². The van der Waals surface area contributed by atoms with Crippen molar-refractivity contribution in [2.75, 3.05) is 58.9 Å². The van der Waals surface area contributed by atoms with E-state index in [1.54, 1.807) is 0 Å². The fourth-order valence-corrected chi connectivity index (χ4v) is 3.29. The molecule has 0 unspecified atom stereocenters. The normalized spacial score (nSPS) is 20.2. The lowest BCUT2D eigenvalue weighted by Crippen LogP contribution is -2.38. The van der Waals surface area contributed by atoms with Gasteiger partial charge in [0.15, 0.2) is 0 Å². The molecule has 0 radical (unpaired) electrons. The molecule has 2 N–H and O–H groups in total. The highest BCUT2D eigenvalue weighted by Gasteiger charge is 2.08. The van der Waals surface area contributed by atoms with Crippen molar-refractivity contribution in [3.05, 3.63) is 30.1 Å². The summed E-state index contributed by atoms with van der Waals surface area (Å²) in [4.78, 5) is 9.63. The molecule has 0 bridgehead atoms. The van der Waals surface area contributed by atoms with E-state index in [2.05, 4.69) is 44.5 Å². The SMILES string of the molecule is CCCCN1CCCNCCN(Cc2ccccn2)CCCNCC1. The molecule has 0 aromatic carbocycles. The maximum absolute atomic E-state index is 4.48. The molecule has 0 amide bonds. The Morgan fingerprint density at radius 3 is 2.32 bits per heavy atom. The first-order valence-electron chi connectivity index (χ1n) is 10.1. The Balaban J connectivity index is 1.76. The van der Waals surface area contributed by atoms with Crippen LogP contribution < -0.4 is 10.6 Å². The zero-order valence-corrected chi connectivity index (χ0v) is 16.1. The quantitative estimate of drug-likeness (QED) is 0.852. The first kappa shape index (κ1) is 20.3. The van der Waals surface area contributed by atoms with Crippen LogP contribution in [0.15, 0.2) is 24.4 Å². The molecule has 2 rings (SSSR count). The van der Waals surface area contributed by atoms with E-state index in [1.165, 1.54) is 51.0 Å². The summed E-state index contributed by atoms with van der Waals surface area (Å²) >= 11 is 0. The van der Waals surface area contributed by atoms with Crippen molar-refractivity contribution >= 4 is 0 Å². The van der Waals surface area contributed by atoms with E-state index in [-0.39, 0.29) is 0 Å². The number of pyridine rings is 1. The molecule has 0 atom stereocenters. The standard InChI is InChI=1S/C20H37N5/c1-2-3-14-24-15-6-9-22-13-18-25(16-7-10-21-12-17-24)19-20-8-4-5-11-23-20/h4-5,8,11,21-22H,2-3,6-7,9-10,12-19H2,1H3. The summed E-state index contributed by atoms with van der Waals surface area (Å²) in [7, 11) is 0. The largest absolute Gasteiger partial charge is 0.315 e. The Bertz CT molecular complexity index is 409. The lowest BCUT2D eigenvalue weighted by molar-refractivity contribution is 0.242. The molecule has 1 aliphatic rings. The average molecular weight is 348 g/mol. The highest BCUT2D eigenvalue weighted by atomic mass is 15.2. The summed E-state index contributed by atoms with van der Waals surface area (Å²) < 4.78 is 0. The second kappa shape index (κ2) is 13.2. The Kier molecular flexibility index (Phi) is 10.7. The highest BCUT2D eigenvalue weighted by Crippen LogP contribution is 2.02. The van der Waals surface area contributed by atoms with Gasteiger partial charge in [0.05, 0.1) is 5.69 Å². The van der Waals surface area contributed by atoms with Crippen LogP contribution in [0.2, 0.25) is 0 Å². The minimum Gasteiger partial charge on any atom is -0.315 e. The second-order valence-electron chi connectivity index (χ2n) is 7.00. The number of nitrogens with zero attached hydrogens (tertiary/aromatic N) is 3. The molecular weight excluding hydrogens is 310 g/mol. The third-order valence-electron chi connectivity index (χ3n) is 4.81. The first-order chi connectivity index (χ1) is 12.4. The van der Waals surface area contributed by atoms with Crippen LogP contribution in [0.25, 0.3) is 0 Å². The van der Waals surface area contributed by atoms with Crippen LogP contribution in [0.5, 0.6) is 0 Å². The molecule has 1 aromatic heterocycles. The molecule has 142 valence electrons. The van der Waals surface area contributed by atoms with Crippen LogP contribution in [0.1, 0.15) is 38.3 Å². The Hall–Kier alpha value is -1.01. The lowest BCUT2D eigenvalue weighted by atomic mass is 10.2. The average Bonchev–Trinajstić information content (AvgIpc) is 2.64. The maximum atomic E-state index is 4.48. The van der Waals surface area contributed by atoms with Gasteiger partial charge in [-0.25, -0.2) is 0 Å². The monoisotopic (exact) mass is 347 g/mol. The van der Waals surface area contributed by atoms with E-state index < -0.39 is 0 Å². The summed E-state index contributed by atoms with van der Waals surface area (Å²) in [5, 5.41) is 7.26. The molecule has 1 aromatic rings. The van der Waals surface area contributed by atoms with Crippen LogP contribution in [-0.4, -0.2) is 73.7 Å². The number of unbranched alkanes of at least 4 members (excludes halogenated alkanes) is 1. The number of nitrogens with one attached hydrogen (secondary N) is 2. The van der Waals surface area contributed by atoms with E-state index in [9.17, 15) is 0 Å². The van der Waals surface area contributed by atoms with E-state index >= 15 is 0 Å². The van der Waals surface area contributed by atoms with Crippen molar-refractivity contribution in [3.63, 3.8) is 0 Å². The summed E-state index contributed by atoms with van der Waals surface area (Å²) in [5.41, 5.74) is 1.17. The molecule has 0 spiro atoms. The van der Waals surface area contributed by atoms with Crippen molar-refractivity contribution in [3.8, 4) is 0 Å². The van der Waals surface area contributed by atoms with Gasteiger partial charge in [-0.3, -0.25) is 9.88 Å². The van der Waals surface area contributed by atoms with Crippen molar-refractivity contribution in [2.45, 2.75) is 39.2 Å². The van der Waals surface area contributed by atoms with Crippen LogP contribution in [0.4, 0.5) is 0 Å². The van der Waals surface area contributed by atoms with Crippen LogP contribution in [-0.2, 0) is 6.54 Å². The van der Waals surface area contributed by atoms with Crippen molar-refractivity contribution in [2.24, 2.45) is 0 Å². The van der Waals surface area contributed by atoms with Gasteiger partial charge in [-0.1, -0.05) is 19.4 Å². The van der Waals surface area contributed by atoms with Gasteiger partial charge in [0, 0.05) is 38.9 Å². The van der Waals surface area contributed by atoms with Crippen molar-refractivity contribution < 1.29 is 0 Å². The second-order valence-corrected chi connectivity index (χ2v) is 7.00. The van der Waals surface area contributed by atoms with E-state index in [4.69, 9.17) is 0 Å². The summed E-state index contributed by atoms with van der Waals surface area (Å²) in [6.45, 7) is 13.5. The van der Waals surface area contributed by atoms with E-state index in [1.807, 2.05) is 12.3 Å². The molecular formula is C20H37N5. The molecule has 2 heterocycles. The van der Waals surface area contributed by atoms with Gasteiger partial charge >= 0.3 is 0 Å². The smallest absolute Gasteiger partial charge is 0.0543 e. The van der Waals surface area contributed by atoms with Gasteiger partial charge in [-0.15, -0.1) is 0 Å². The minimum atomic E-state index is 0.952. The molecule has 1 fully saturated rings. The summed E-state index contributed by atoms with van der Waals surface area (Å²) in [6.07, 6.45) is 6.93. The zero-order valence-electron chi connectivity index (χ0n) is 16.1. The molecule has 5 heteroatoms. The van der Waals surface area contributed by atoms with Crippen LogP contribution in [0, 0.1) is 0 Å². The molecule has 1 saturated heterocycles. The fraction of sp³-hybridized carbons (Fsp3) is 0.750. The molecule has 0 saturated carbocycles. The predicted molar refractivity (Wildman–Crippen MR) is 106 cm³/mol. The van der Waals surface area contributed by atoms with Crippen molar-refractivity contribution in [1.29, 1.82) is 0 Å². The van der Waals surface area contributed by atoms with Gasteiger partial charge in [-0.2, -0.15) is 0 Å². The van der Waals surface area contributed by atoms with Crippen LogP contribution in [0.3, 0.4) is 0 Å². The topological polar surface area (TPSA) is 43.4 Å². The highest BCUT2D eigenvalue weighted by molar-refractivity contribution is 5.03. The first-order valence-corrected chi connectivity index (χ1v) is 10.1. The maximum Gasteiger partial charge on any atom is 0.0543 e. The molecule has 0 aliphatic carbocycles. The Morgan fingerprint density at radius 1 is 0.920 bits per heavy atom. The van der Waals surface area contributed by atoms with Gasteiger partial charge in [-0.05, 0) is 64.1 Å². The molecule has 25 heavy (non-hydrogen) atoms. The zero-order chi connectivity index (χ0) is 17.6. The molecule has 5 nitrogen and oxygen atoms in total. The van der Waals surface area contributed by atoms with Gasteiger partial charge < -0.3 is 15.5 Å². The predicted octanol–water partition coefficient (Wildman–Crippen LogP) is 1.96. The van der Waals surface area contributed by atoms with Gasteiger partial charge in [0.25, 0.3) is 0 Å². The molecule has 1 aliphatic heterocycles. The number of rotatable bonds is 5. The summed E-state index contributed by atoms with van der Waals surface area (Å²) in [5.74, 6) is 0. The fourth-order valence-electron chi connectivity index (χ4n) is 3.29. The summed E-state index contributed by atoms with van der Waals surface area (Å²) in [6, 6.07) is 6.19. The minimum absolute atomic E-state index is 0.952. The van der Waals surface area contributed by atoms with E-state index in [0.29, 0.717) is 0 Å². The third kappa shape index (κ3) is 9.31. The van der Waals surface area contributed by atoms with Crippen molar-refractivity contribution in [1.82, 2.24) is 25.4 Å². The van der Waals surface area contributed by atoms with Gasteiger partial charge in [0.1, 0.15) is 0 Å². The number of aromatic nitrogens is 1. The van der Waals surface area contributed by atoms with Gasteiger partial charge in [0.2, 0.25) is 0 Å². The number of hydrogen-bond acceptors (Lipinski definition) is 5. The number of hydrogen-bond donors (Lipinski definition) is 2. The van der Waals surface area contributed by atoms with Crippen LogP contribution >= 0.6 is 0 Å². The third-order valence-corrected chi connectivity index (χ3v) is 4.81.